The van der Waals surface area contributed by atoms with Crippen LogP contribution in [0.25, 0.3) is 11.4 Å². The molecule has 0 atom stereocenters. The third-order valence-corrected chi connectivity index (χ3v) is 2.58. The second-order valence-corrected chi connectivity index (χ2v) is 4.13. The molecule has 18 heavy (non-hydrogen) atoms. The van der Waals surface area contributed by atoms with E-state index in [-0.39, 0.29) is 0 Å². The molecule has 96 valence electrons. The Morgan fingerprint density at radius 1 is 1.39 bits per heavy atom. The molecule has 0 saturated heterocycles. The third-order valence-electron chi connectivity index (χ3n) is 2.36. The van der Waals surface area contributed by atoms with Gasteiger partial charge in [0.05, 0.1) is 13.2 Å². The number of aromatic nitrogens is 4. The molecule has 1 heterocycles. The summed E-state index contributed by atoms with van der Waals surface area (Å²) in [4.78, 5) is 0. The van der Waals surface area contributed by atoms with E-state index in [2.05, 4.69) is 15.5 Å². The number of nitrogens with zero attached hydrogens (tertiary/aromatic N) is 4. The first-order valence-corrected chi connectivity index (χ1v) is 5.99. The van der Waals surface area contributed by atoms with Crippen LogP contribution in [0.4, 0.5) is 5.69 Å². The molecule has 0 fully saturated rings. The molecule has 2 rings (SSSR count). The number of halogens is 1. The summed E-state index contributed by atoms with van der Waals surface area (Å²) < 4.78 is 6.95. The van der Waals surface area contributed by atoms with Crippen molar-refractivity contribution in [2.24, 2.45) is 0 Å². The van der Waals surface area contributed by atoms with Crippen molar-refractivity contribution in [3.8, 4) is 11.4 Å². The predicted molar refractivity (Wildman–Crippen MR) is 69.2 cm³/mol. The SMILES string of the molecule is CCOCCn1nnnc1-c1cc(N)cc(Cl)c1. The first-order valence-electron chi connectivity index (χ1n) is 5.61. The molecular weight excluding hydrogens is 254 g/mol. The number of tetrazole rings is 1. The summed E-state index contributed by atoms with van der Waals surface area (Å²) in [6, 6.07) is 5.24. The fraction of sp³-hybridized carbons (Fsp3) is 0.364. The summed E-state index contributed by atoms with van der Waals surface area (Å²) in [6.07, 6.45) is 0. The van der Waals surface area contributed by atoms with E-state index in [1.54, 1.807) is 22.9 Å². The number of nitrogens with two attached hydrogens (primary N) is 1. The number of benzene rings is 1. The summed E-state index contributed by atoms with van der Waals surface area (Å²) in [5.41, 5.74) is 7.12. The molecule has 2 aromatic rings. The number of hydrogen-bond acceptors (Lipinski definition) is 5. The summed E-state index contributed by atoms with van der Waals surface area (Å²) in [5, 5.41) is 12.1. The number of rotatable bonds is 5. The molecule has 0 bridgehead atoms. The number of nitrogen functional groups attached to an aromatic ring is 1. The zero-order chi connectivity index (χ0) is 13.0. The zero-order valence-electron chi connectivity index (χ0n) is 10.0. The Kier molecular flexibility index (Phi) is 4.11. The van der Waals surface area contributed by atoms with Crippen LogP contribution in [0, 0.1) is 0 Å². The molecule has 0 spiro atoms. The van der Waals surface area contributed by atoms with Crippen molar-refractivity contribution < 1.29 is 4.74 Å². The Morgan fingerprint density at radius 2 is 2.22 bits per heavy atom. The normalized spacial score (nSPS) is 10.8. The molecule has 0 amide bonds. The highest BCUT2D eigenvalue weighted by Gasteiger charge is 2.10. The zero-order valence-corrected chi connectivity index (χ0v) is 10.8. The maximum absolute atomic E-state index is 5.96. The molecule has 1 aromatic carbocycles. The van der Waals surface area contributed by atoms with Crippen LogP contribution in [0.3, 0.4) is 0 Å². The van der Waals surface area contributed by atoms with Gasteiger partial charge in [-0.2, -0.15) is 0 Å². The van der Waals surface area contributed by atoms with E-state index < -0.39 is 0 Å². The van der Waals surface area contributed by atoms with Crippen molar-refractivity contribution in [3.05, 3.63) is 23.2 Å². The molecule has 0 aliphatic heterocycles. The van der Waals surface area contributed by atoms with E-state index in [0.717, 1.165) is 5.56 Å². The van der Waals surface area contributed by atoms with Gasteiger partial charge in [0.2, 0.25) is 0 Å². The molecule has 7 heteroatoms. The van der Waals surface area contributed by atoms with E-state index >= 15 is 0 Å². The smallest absolute Gasteiger partial charge is 0.182 e. The fourth-order valence-corrected chi connectivity index (χ4v) is 1.84. The van der Waals surface area contributed by atoms with Gasteiger partial charge in [-0.15, -0.1) is 5.10 Å². The Balaban J connectivity index is 2.24. The van der Waals surface area contributed by atoms with Crippen molar-refractivity contribution in [2.45, 2.75) is 13.5 Å². The van der Waals surface area contributed by atoms with Crippen LogP contribution in [0.5, 0.6) is 0 Å². The summed E-state index contributed by atoms with van der Waals surface area (Å²) >= 11 is 5.96. The van der Waals surface area contributed by atoms with Crippen LogP contribution in [0.2, 0.25) is 5.02 Å². The summed E-state index contributed by atoms with van der Waals surface area (Å²) in [6.45, 7) is 3.76. The Morgan fingerprint density at radius 3 is 2.94 bits per heavy atom. The first kappa shape index (κ1) is 12.8. The van der Waals surface area contributed by atoms with Gasteiger partial charge in [0.15, 0.2) is 5.82 Å². The Labute approximate surface area is 110 Å². The standard InChI is InChI=1S/C11H14ClN5O/c1-2-18-4-3-17-11(14-15-16-17)8-5-9(12)7-10(13)6-8/h5-7H,2-4,13H2,1H3. The second-order valence-electron chi connectivity index (χ2n) is 3.70. The van der Waals surface area contributed by atoms with Gasteiger partial charge in [0.1, 0.15) is 0 Å². The van der Waals surface area contributed by atoms with Gasteiger partial charge in [-0.1, -0.05) is 11.6 Å². The molecule has 1 aromatic heterocycles. The Bertz CT molecular complexity index is 508. The van der Waals surface area contributed by atoms with E-state index in [1.165, 1.54) is 0 Å². The fourth-order valence-electron chi connectivity index (χ4n) is 1.60. The summed E-state index contributed by atoms with van der Waals surface area (Å²) in [5.74, 6) is 0.629. The van der Waals surface area contributed by atoms with Gasteiger partial charge in [0, 0.05) is 22.9 Å². The van der Waals surface area contributed by atoms with Crippen molar-refractivity contribution in [1.29, 1.82) is 0 Å². The highest BCUT2D eigenvalue weighted by Crippen LogP contribution is 2.23. The average molecular weight is 268 g/mol. The van der Waals surface area contributed by atoms with Crippen molar-refractivity contribution in [3.63, 3.8) is 0 Å². The van der Waals surface area contributed by atoms with E-state index in [1.807, 2.05) is 6.92 Å². The minimum atomic E-state index is 0.560. The molecule has 2 N–H and O–H groups in total. The minimum Gasteiger partial charge on any atom is -0.399 e. The second kappa shape index (κ2) is 5.79. The number of hydrogen-bond donors (Lipinski definition) is 1. The van der Waals surface area contributed by atoms with Gasteiger partial charge < -0.3 is 10.5 Å². The maximum atomic E-state index is 5.96. The lowest BCUT2D eigenvalue weighted by Gasteiger charge is -2.06. The van der Waals surface area contributed by atoms with Crippen LogP contribution in [0.1, 0.15) is 6.92 Å². The topological polar surface area (TPSA) is 78.8 Å². The van der Waals surface area contributed by atoms with Crippen LogP contribution in [-0.4, -0.2) is 33.4 Å². The van der Waals surface area contributed by atoms with Crippen LogP contribution in [0.15, 0.2) is 18.2 Å². The molecule has 0 radical (unpaired) electrons. The van der Waals surface area contributed by atoms with Crippen LogP contribution >= 0.6 is 11.6 Å². The van der Waals surface area contributed by atoms with Crippen LogP contribution < -0.4 is 5.73 Å². The lowest BCUT2D eigenvalue weighted by Crippen LogP contribution is -2.09. The molecule has 0 saturated carbocycles. The van der Waals surface area contributed by atoms with Crippen molar-refractivity contribution >= 4 is 17.3 Å². The Hall–Kier alpha value is -1.66. The molecule has 6 nitrogen and oxygen atoms in total. The largest absolute Gasteiger partial charge is 0.399 e. The highest BCUT2D eigenvalue weighted by atomic mass is 35.5. The highest BCUT2D eigenvalue weighted by molar-refractivity contribution is 6.31. The third kappa shape index (κ3) is 2.96. The quantitative estimate of drug-likeness (QED) is 0.658. The van der Waals surface area contributed by atoms with Crippen molar-refractivity contribution in [2.75, 3.05) is 18.9 Å². The molecule has 0 aliphatic rings. The first-order chi connectivity index (χ1) is 8.70. The van der Waals surface area contributed by atoms with Crippen LogP contribution in [-0.2, 0) is 11.3 Å². The number of ether oxygens (including phenoxy) is 1. The lowest BCUT2D eigenvalue weighted by atomic mass is 10.2. The number of anilines is 1. The predicted octanol–water partition coefficient (Wildman–Crippen LogP) is 1.61. The van der Waals surface area contributed by atoms with E-state index in [9.17, 15) is 0 Å². The lowest BCUT2D eigenvalue weighted by molar-refractivity contribution is 0.136. The van der Waals surface area contributed by atoms with E-state index in [0.29, 0.717) is 36.3 Å². The molecule has 0 unspecified atom stereocenters. The van der Waals surface area contributed by atoms with Gasteiger partial charge in [-0.05, 0) is 35.5 Å². The van der Waals surface area contributed by atoms with E-state index in [4.69, 9.17) is 22.1 Å². The molecular formula is C11H14ClN5O. The monoisotopic (exact) mass is 267 g/mol. The average Bonchev–Trinajstić information content (AvgIpc) is 2.76. The minimum absolute atomic E-state index is 0.560. The van der Waals surface area contributed by atoms with Crippen molar-refractivity contribution in [1.82, 2.24) is 20.2 Å². The van der Waals surface area contributed by atoms with Gasteiger partial charge in [-0.25, -0.2) is 4.68 Å². The summed E-state index contributed by atoms with van der Waals surface area (Å²) in [7, 11) is 0. The van der Waals surface area contributed by atoms with Gasteiger partial charge >= 0.3 is 0 Å². The van der Waals surface area contributed by atoms with Gasteiger partial charge in [-0.3, -0.25) is 0 Å². The molecule has 0 aliphatic carbocycles. The van der Waals surface area contributed by atoms with Gasteiger partial charge in [0.25, 0.3) is 0 Å². The maximum Gasteiger partial charge on any atom is 0.182 e.